The van der Waals surface area contributed by atoms with Crippen LogP contribution in [0.25, 0.3) is 0 Å². The largest absolute Gasteiger partial charge is 0.460 e. The minimum Gasteiger partial charge on any atom is -0.460 e. The molecule has 1 aliphatic rings. The van der Waals surface area contributed by atoms with Gasteiger partial charge in [0.1, 0.15) is 0 Å². The molecule has 20 heavy (non-hydrogen) atoms. The van der Waals surface area contributed by atoms with Crippen molar-refractivity contribution in [1.29, 1.82) is 0 Å². The standard InChI is InChI=1S/C14H23ClN4O/c1-10(2)9-11(3)20-14-17-12(15)16-13(18-14)19-7-5-4-6-8-19/h10-11H,4-9H2,1-3H3. The van der Waals surface area contributed by atoms with E-state index in [1.54, 1.807) is 0 Å². The first kappa shape index (κ1) is 15.3. The summed E-state index contributed by atoms with van der Waals surface area (Å²) in [7, 11) is 0. The molecule has 0 N–H and O–H groups in total. The lowest BCUT2D eigenvalue weighted by molar-refractivity contribution is 0.177. The zero-order chi connectivity index (χ0) is 14.5. The summed E-state index contributed by atoms with van der Waals surface area (Å²) in [6, 6.07) is 0.332. The van der Waals surface area contributed by atoms with E-state index < -0.39 is 0 Å². The van der Waals surface area contributed by atoms with Gasteiger partial charge >= 0.3 is 6.01 Å². The fourth-order valence-corrected chi connectivity index (χ4v) is 2.65. The van der Waals surface area contributed by atoms with Crippen molar-refractivity contribution in [3.8, 4) is 6.01 Å². The molecule has 2 rings (SSSR count). The Morgan fingerprint density at radius 1 is 1.10 bits per heavy atom. The van der Waals surface area contributed by atoms with Gasteiger partial charge in [0, 0.05) is 13.1 Å². The molecule has 1 atom stereocenters. The molecular weight excluding hydrogens is 276 g/mol. The van der Waals surface area contributed by atoms with E-state index in [1.807, 2.05) is 6.92 Å². The highest BCUT2D eigenvalue weighted by molar-refractivity contribution is 6.28. The summed E-state index contributed by atoms with van der Waals surface area (Å²) in [6.45, 7) is 8.31. The molecule has 1 saturated heterocycles. The van der Waals surface area contributed by atoms with Gasteiger partial charge in [-0.15, -0.1) is 0 Å². The third kappa shape index (κ3) is 4.47. The SMILES string of the molecule is CC(C)CC(C)Oc1nc(Cl)nc(N2CCCCC2)n1. The fraction of sp³-hybridized carbons (Fsp3) is 0.786. The zero-order valence-corrected chi connectivity index (χ0v) is 13.2. The van der Waals surface area contributed by atoms with Gasteiger partial charge < -0.3 is 9.64 Å². The Morgan fingerprint density at radius 2 is 1.80 bits per heavy atom. The van der Waals surface area contributed by atoms with Crippen molar-refractivity contribution >= 4 is 17.5 Å². The zero-order valence-electron chi connectivity index (χ0n) is 12.5. The smallest absolute Gasteiger partial charge is 0.322 e. The molecule has 1 aliphatic heterocycles. The molecule has 0 bridgehead atoms. The minimum absolute atomic E-state index is 0.0719. The lowest BCUT2D eigenvalue weighted by Crippen LogP contribution is -2.31. The third-order valence-corrected chi connectivity index (χ3v) is 3.49. The van der Waals surface area contributed by atoms with E-state index in [0.717, 1.165) is 19.5 Å². The van der Waals surface area contributed by atoms with Crippen LogP contribution in [0.5, 0.6) is 6.01 Å². The van der Waals surface area contributed by atoms with E-state index in [2.05, 4.69) is 33.7 Å². The van der Waals surface area contributed by atoms with E-state index in [-0.39, 0.29) is 11.4 Å². The van der Waals surface area contributed by atoms with Crippen molar-refractivity contribution in [2.45, 2.75) is 52.6 Å². The number of hydrogen-bond acceptors (Lipinski definition) is 5. The first-order chi connectivity index (χ1) is 9.54. The summed E-state index contributed by atoms with van der Waals surface area (Å²) >= 11 is 5.99. The highest BCUT2D eigenvalue weighted by atomic mass is 35.5. The van der Waals surface area contributed by atoms with Crippen LogP contribution < -0.4 is 9.64 Å². The van der Waals surface area contributed by atoms with E-state index in [4.69, 9.17) is 16.3 Å². The number of rotatable bonds is 5. The topological polar surface area (TPSA) is 51.1 Å². The van der Waals surface area contributed by atoms with Gasteiger partial charge in [0.2, 0.25) is 11.2 Å². The molecule has 5 nitrogen and oxygen atoms in total. The van der Waals surface area contributed by atoms with Crippen molar-refractivity contribution in [3.63, 3.8) is 0 Å². The number of halogens is 1. The van der Waals surface area contributed by atoms with Gasteiger partial charge in [-0.25, -0.2) is 0 Å². The third-order valence-electron chi connectivity index (χ3n) is 3.32. The predicted molar refractivity (Wildman–Crippen MR) is 80.4 cm³/mol. The molecule has 112 valence electrons. The second-order valence-electron chi connectivity index (χ2n) is 5.79. The molecule has 2 heterocycles. The first-order valence-corrected chi connectivity index (χ1v) is 7.75. The second-order valence-corrected chi connectivity index (χ2v) is 6.13. The van der Waals surface area contributed by atoms with Crippen molar-refractivity contribution in [3.05, 3.63) is 5.28 Å². The highest BCUT2D eigenvalue weighted by Crippen LogP contribution is 2.20. The molecule has 0 aliphatic carbocycles. The molecule has 0 radical (unpaired) electrons. The maximum Gasteiger partial charge on any atom is 0.322 e. The van der Waals surface area contributed by atoms with Crippen molar-refractivity contribution < 1.29 is 4.74 Å². The maximum absolute atomic E-state index is 5.99. The Kier molecular flexibility index (Phi) is 5.40. The quantitative estimate of drug-likeness (QED) is 0.834. The monoisotopic (exact) mass is 298 g/mol. The normalized spacial score (nSPS) is 17.4. The Labute approximate surface area is 125 Å². The predicted octanol–water partition coefficient (Wildman–Crippen LogP) is 3.33. The maximum atomic E-state index is 5.99. The Morgan fingerprint density at radius 3 is 2.45 bits per heavy atom. The van der Waals surface area contributed by atoms with Crippen LogP contribution in [0, 0.1) is 5.92 Å². The van der Waals surface area contributed by atoms with E-state index in [1.165, 1.54) is 19.3 Å². The van der Waals surface area contributed by atoms with Crippen LogP contribution in [0.2, 0.25) is 5.28 Å². The van der Waals surface area contributed by atoms with Crippen LogP contribution in [0.1, 0.15) is 46.5 Å². The van der Waals surface area contributed by atoms with Gasteiger partial charge in [0.05, 0.1) is 6.10 Å². The van der Waals surface area contributed by atoms with Crippen LogP contribution in [0.15, 0.2) is 0 Å². The minimum atomic E-state index is 0.0719. The van der Waals surface area contributed by atoms with Crippen LogP contribution in [-0.4, -0.2) is 34.1 Å². The Bertz CT molecular complexity index is 435. The average Bonchev–Trinajstić information content (AvgIpc) is 2.38. The van der Waals surface area contributed by atoms with Crippen LogP contribution in [0.4, 0.5) is 5.95 Å². The molecule has 6 heteroatoms. The fourth-order valence-electron chi connectivity index (χ4n) is 2.50. The number of hydrogen-bond donors (Lipinski definition) is 0. The lowest BCUT2D eigenvalue weighted by atomic mass is 10.1. The molecule has 1 aromatic heterocycles. The molecule has 0 aromatic carbocycles. The van der Waals surface area contributed by atoms with Crippen LogP contribution >= 0.6 is 11.6 Å². The number of nitrogens with zero attached hydrogens (tertiary/aromatic N) is 4. The van der Waals surface area contributed by atoms with E-state index in [9.17, 15) is 0 Å². The molecule has 0 saturated carbocycles. The molecular formula is C14H23ClN4O. The molecule has 0 amide bonds. The summed E-state index contributed by atoms with van der Waals surface area (Å²) in [5, 5.41) is 0.201. The number of ether oxygens (including phenoxy) is 1. The summed E-state index contributed by atoms with van der Waals surface area (Å²) in [4.78, 5) is 14.8. The number of anilines is 1. The Balaban J connectivity index is 2.07. The highest BCUT2D eigenvalue weighted by Gasteiger charge is 2.17. The first-order valence-electron chi connectivity index (χ1n) is 7.38. The molecule has 1 unspecified atom stereocenters. The lowest BCUT2D eigenvalue weighted by Gasteiger charge is -2.26. The van der Waals surface area contributed by atoms with Gasteiger partial charge in [-0.3, -0.25) is 0 Å². The summed E-state index contributed by atoms with van der Waals surface area (Å²) in [5.74, 6) is 1.21. The van der Waals surface area contributed by atoms with Gasteiger partial charge in [0.15, 0.2) is 0 Å². The molecule has 1 aromatic rings. The van der Waals surface area contributed by atoms with Gasteiger partial charge in [-0.2, -0.15) is 15.0 Å². The van der Waals surface area contributed by atoms with Gasteiger partial charge in [0.25, 0.3) is 0 Å². The van der Waals surface area contributed by atoms with E-state index in [0.29, 0.717) is 17.9 Å². The number of piperidine rings is 1. The van der Waals surface area contributed by atoms with Crippen molar-refractivity contribution in [2.75, 3.05) is 18.0 Å². The van der Waals surface area contributed by atoms with Crippen molar-refractivity contribution in [1.82, 2.24) is 15.0 Å². The average molecular weight is 299 g/mol. The van der Waals surface area contributed by atoms with Gasteiger partial charge in [-0.05, 0) is 50.1 Å². The molecule has 0 spiro atoms. The number of aromatic nitrogens is 3. The summed E-state index contributed by atoms with van der Waals surface area (Å²) in [5.41, 5.74) is 0. The van der Waals surface area contributed by atoms with Crippen LogP contribution in [-0.2, 0) is 0 Å². The van der Waals surface area contributed by atoms with Crippen LogP contribution in [0.3, 0.4) is 0 Å². The summed E-state index contributed by atoms with van der Waals surface area (Å²) in [6.07, 6.45) is 4.64. The van der Waals surface area contributed by atoms with E-state index >= 15 is 0 Å². The second kappa shape index (κ2) is 7.07. The Hall–Kier alpha value is -1.10. The summed E-state index contributed by atoms with van der Waals surface area (Å²) < 4.78 is 5.76. The molecule has 1 fully saturated rings. The van der Waals surface area contributed by atoms with Crippen molar-refractivity contribution in [2.24, 2.45) is 5.92 Å². The van der Waals surface area contributed by atoms with Gasteiger partial charge in [-0.1, -0.05) is 13.8 Å².